The smallest absolute Gasteiger partial charge is 0.261 e. The van der Waals surface area contributed by atoms with Crippen LogP contribution in [0, 0.1) is 0 Å². The van der Waals surface area contributed by atoms with E-state index in [2.05, 4.69) is 43.9 Å². The number of anilines is 3. The lowest BCUT2D eigenvalue weighted by molar-refractivity contribution is 0.414. The van der Waals surface area contributed by atoms with E-state index in [1.54, 1.807) is 30.3 Å². The van der Waals surface area contributed by atoms with Gasteiger partial charge in [-0.2, -0.15) is 0 Å². The summed E-state index contributed by atoms with van der Waals surface area (Å²) in [4.78, 5) is 0.135. The molecule has 0 aromatic heterocycles. The van der Waals surface area contributed by atoms with E-state index >= 15 is 0 Å². The topological polar surface area (TPSA) is 85.9 Å². The lowest BCUT2D eigenvalue weighted by Gasteiger charge is -2.36. The summed E-state index contributed by atoms with van der Waals surface area (Å²) in [5, 5.41) is 3.38. The van der Waals surface area contributed by atoms with E-state index in [-0.39, 0.29) is 9.93 Å². The molecule has 9 heteroatoms. The molecule has 1 aliphatic heterocycles. The summed E-state index contributed by atoms with van der Waals surface area (Å²) in [7, 11) is -4.27. The minimum Gasteiger partial charge on any atom is -0.543 e. The van der Waals surface area contributed by atoms with E-state index in [0.717, 1.165) is 11.4 Å². The summed E-state index contributed by atoms with van der Waals surface area (Å²) in [5.74, 6) is 2.48. The van der Waals surface area contributed by atoms with Crippen LogP contribution in [0.25, 0.3) is 0 Å². The molecule has 2 N–H and O–H groups in total. The molecule has 4 rings (SSSR count). The van der Waals surface area contributed by atoms with Gasteiger partial charge in [0.15, 0.2) is 11.5 Å². The highest BCUT2D eigenvalue weighted by Gasteiger charge is 2.39. The van der Waals surface area contributed by atoms with Crippen LogP contribution in [0.4, 0.5) is 17.1 Å². The van der Waals surface area contributed by atoms with Crippen LogP contribution in [-0.4, -0.2) is 23.8 Å². The van der Waals surface area contributed by atoms with E-state index in [1.807, 2.05) is 18.2 Å². The maximum atomic E-state index is 13.0. The Bertz CT molecular complexity index is 1320. The van der Waals surface area contributed by atoms with Crippen LogP contribution in [-0.2, 0) is 10.0 Å². The molecule has 1 heterocycles. The second-order valence-corrected chi connectivity index (χ2v) is 16.1. The van der Waals surface area contributed by atoms with Gasteiger partial charge in [-0.15, -0.1) is 0 Å². The van der Waals surface area contributed by atoms with Gasteiger partial charge in [-0.05, 0) is 66.7 Å². The van der Waals surface area contributed by atoms with Crippen molar-refractivity contribution in [2.75, 3.05) is 17.1 Å². The van der Waals surface area contributed by atoms with Crippen LogP contribution in [0.1, 0.15) is 20.8 Å². The Hall–Kier alpha value is -3.17. The largest absolute Gasteiger partial charge is 0.543 e. The summed E-state index contributed by atoms with van der Waals surface area (Å²) in [6.07, 6.45) is 0. The maximum absolute atomic E-state index is 13.0. The van der Waals surface area contributed by atoms with Crippen molar-refractivity contribution in [3.8, 4) is 23.0 Å². The van der Waals surface area contributed by atoms with Crippen LogP contribution in [0.5, 0.6) is 23.0 Å². The molecular weight excluding hydrogens is 468 g/mol. The zero-order valence-corrected chi connectivity index (χ0v) is 22.0. The van der Waals surface area contributed by atoms with Crippen LogP contribution in [0.15, 0.2) is 65.6 Å². The van der Waals surface area contributed by atoms with Crippen molar-refractivity contribution < 1.29 is 22.3 Å². The highest BCUT2D eigenvalue weighted by molar-refractivity contribution is 7.92. The highest BCUT2D eigenvalue weighted by atomic mass is 32.2. The lowest BCUT2D eigenvalue weighted by Crippen LogP contribution is -2.43. The predicted molar refractivity (Wildman–Crippen MR) is 138 cm³/mol. The number of methoxy groups -OCH3 is 1. The summed E-state index contributed by atoms with van der Waals surface area (Å²) < 4.78 is 46.2. The number of benzene rings is 3. The SMILES string of the molecule is COc1ccc(S(=O)(=O)Nc2cccc3c2Nc2ccc(O[Si](C)(C)C(C)(C)C)cc2O3)cc1. The third-order valence-electron chi connectivity index (χ3n) is 6.25. The Kier molecular flexibility index (Phi) is 6.03. The fourth-order valence-electron chi connectivity index (χ4n) is 3.24. The van der Waals surface area contributed by atoms with Gasteiger partial charge in [0.1, 0.15) is 17.2 Å². The monoisotopic (exact) mass is 498 g/mol. The molecule has 7 nitrogen and oxygen atoms in total. The Labute approximate surface area is 202 Å². The predicted octanol–water partition coefficient (Wildman–Crippen LogP) is 6.73. The molecule has 3 aromatic rings. The van der Waals surface area contributed by atoms with Crippen LogP contribution in [0.3, 0.4) is 0 Å². The van der Waals surface area contributed by atoms with E-state index in [4.69, 9.17) is 13.9 Å². The number of para-hydroxylation sites is 1. The second kappa shape index (κ2) is 8.55. The van der Waals surface area contributed by atoms with Crippen molar-refractivity contribution in [3.63, 3.8) is 0 Å². The normalized spacial score (nSPS) is 13.1. The van der Waals surface area contributed by atoms with E-state index < -0.39 is 18.3 Å². The van der Waals surface area contributed by atoms with E-state index in [9.17, 15) is 8.42 Å². The van der Waals surface area contributed by atoms with Crippen molar-refractivity contribution >= 4 is 35.4 Å². The fraction of sp³-hybridized carbons (Fsp3) is 0.280. The van der Waals surface area contributed by atoms with Crippen molar-refractivity contribution in [1.29, 1.82) is 0 Å². The first kappa shape index (κ1) is 24.0. The number of hydrogen-bond donors (Lipinski definition) is 2. The van der Waals surface area contributed by atoms with E-state index in [0.29, 0.717) is 28.6 Å². The molecule has 0 spiro atoms. The van der Waals surface area contributed by atoms with Crippen LogP contribution < -0.4 is 23.9 Å². The molecule has 3 aromatic carbocycles. The summed E-state index contributed by atoms with van der Waals surface area (Å²) >= 11 is 0. The standard InChI is InChI=1S/C25H30N2O5SSi/c1-25(2,3)34(5,6)32-18-12-15-20-23(16-18)31-22-9-7-8-21(24(22)26-20)27-33(28,29)19-13-10-17(30-4)11-14-19/h7-16,26-27H,1-6H3. The minimum absolute atomic E-state index is 0.0740. The molecule has 1 aliphatic rings. The van der Waals surface area contributed by atoms with Crippen LogP contribution in [0.2, 0.25) is 18.1 Å². The summed E-state index contributed by atoms with van der Waals surface area (Å²) in [5.41, 5.74) is 1.66. The van der Waals surface area contributed by atoms with Gasteiger partial charge in [0.25, 0.3) is 10.0 Å². The van der Waals surface area contributed by atoms with Gasteiger partial charge in [0, 0.05) is 6.07 Å². The zero-order valence-electron chi connectivity index (χ0n) is 20.2. The third kappa shape index (κ3) is 4.71. The average molecular weight is 499 g/mol. The van der Waals surface area contributed by atoms with Crippen LogP contribution >= 0.6 is 0 Å². The first-order chi connectivity index (χ1) is 15.9. The number of hydrogen-bond acceptors (Lipinski definition) is 6. The summed E-state index contributed by atoms with van der Waals surface area (Å²) in [6.45, 7) is 11.0. The Balaban J connectivity index is 1.59. The number of fused-ring (bicyclic) bond motifs is 2. The lowest BCUT2D eigenvalue weighted by atomic mass is 10.2. The molecule has 0 atom stereocenters. The molecule has 34 heavy (non-hydrogen) atoms. The second-order valence-electron chi connectivity index (χ2n) is 9.71. The molecule has 180 valence electrons. The molecule has 0 saturated heterocycles. The number of ether oxygens (including phenoxy) is 2. The van der Waals surface area contributed by atoms with Gasteiger partial charge in [0.05, 0.1) is 23.4 Å². The molecule has 0 radical (unpaired) electrons. The molecule has 0 bridgehead atoms. The van der Waals surface area contributed by atoms with E-state index in [1.165, 1.54) is 19.2 Å². The Morgan fingerprint density at radius 1 is 0.941 bits per heavy atom. The molecule has 0 saturated carbocycles. The quantitative estimate of drug-likeness (QED) is 0.287. The fourth-order valence-corrected chi connectivity index (χ4v) is 5.34. The highest BCUT2D eigenvalue weighted by Crippen LogP contribution is 2.47. The Morgan fingerprint density at radius 2 is 1.62 bits per heavy atom. The first-order valence-electron chi connectivity index (χ1n) is 11.0. The Morgan fingerprint density at radius 3 is 2.26 bits per heavy atom. The number of sulfonamides is 1. The van der Waals surface area contributed by atoms with Gasteiger partial charge in [-0.25, -0.2) is 8.42 Å². The maximum Gasteiger partial charge on any atom is 0.261 e. The molecule has 0 unspecified atom stereocenters. The van der Waals surface area contributed by atoms with Gasteiger partial charge in [-0.3, -0.25) is 4.72 Å². The molecular formula is C25H30N2O5SSi. The van der Waals surface area contributed by atoms with Crippen molar-refractivity contribution in [2.45, 2.75) is 43.8 Å². The average Bonchev–Trinajstić information content (AvgIpc) is 2.77. The molecule has 0 aliphatic carbocycles. The van der Waals surface area contributed by atoms with Crippen molar-refractivity contribution in [2.24, 2.45) is 0 Å². The van der Waals surface area contributed by atoms with Crippen molar-refractivity contribution in [1.82, 2.24) is 0 Å². The summed E-state index contributed by atoms with van der Waals surface area (Å²) in [6, 6.07) is 17.1. The first-order valence-corrected chi connectivity index (χ1v) is 15.4. The zero-order chi connectivity index (χ0) is 24.7. The van der Waals surface area contributed by atoms with Gasteiger partial charge in [0.2, 0.25) is 8.32 Å². The third-order valence-corrected chi connectivity index (χ3v) is 12.0. The van der Waals surface area contributed by atoms with Gasteiger partial charge < -0.3 is 19.2 Å². The number of nitrogens with one attached hydrogen (secondary N) is 2. The van der Waals surface area contributed by atoms with Gasteiger partial charge >= 0.3 is 0 Å². The minimum atomic E-state index is -3.81. The van der Waals surface area contributed by atoms with Gasteiger partial charge in [-0.1, -0.05) is 26.8 Å². The molecule has 0 amide bonds. The molecule has 0 fully saturated rings. The number of rotatable bonds is 6. The van der Waals surface area contributed by atoms with Crippen molar-refractivity contribution in [3.05, 3.63) is 60.7 Å².